The largest absolute Gasteiger partial charge is 0.349 e. The summed E-state index contributed by atoms with van der Waals surface area (Å²) >= 11 is 0. The summed E-state index contributed by atoms with van der Waals surface area (Å²) in [6.45, 7) is 7.46. The van der Waals surface area contributed by atoms with Gasteiger partial charge in [0.2, 0.25) is 5.91 Å². The second-order valence-electron chi connectivity index (χ2n) is 11.6. The lowest BCUT2D eigenvalue weighted by atomic mass is 10.0. The predicted octanol–water partition coefficient (Wildman–Crippen LogP) is 2.76. The van der Waals surface area contributed by atoms with Crippen molar-refractivity contribution in [2.45, 2.75) is 45.6 Å². The molecule has 1 aromatic heterocycles. The van der Waals surface area contributed by atoms with Gasteiger partial charge in [-0.15, -0.1) is 0 Å². The number of hydrogen-bond acceptors (Lipinski definition) is 5. The first-order valence-corrected chi connectivity index (χ1v) is 13.9. The van der Waals surface area contributed by atoms with Crippen LogP contribution >= 0.6 is 0 Å². The topological polar surface area (TPSA) is 91.7 Å². The van der Waals surface area contributed by atoms with Gasteiger partial charge in [0.15, 0.2) is 0 Å². The lowest BCUT2D eigenvalue weighted by Crippen LogP contribution is -2.37. The molecule has 1 saturated carbocycles. The molecule has 2 amide bonds. The van der Waals surface area contributed by atoms with Gasteiger partial charge in [0.05, 0.1) is 11.6 Å². The maximum Gasteiger partial charge on any atom is 0.255 e. The molecular formula is C30H37FN4O4. The van der Waals surface area contributed by atoms with Crippen molar-refractivity contribution in [2.75, 3.05) is 32.7 Å². The average Bonchev–Trinajstić information content (AvgIpc) is 3.60. The van der Waals surface area contributed by atoms with Crippen LogP contribution in [0.25, 0.3) is 0 Å². The molecule has 1 N–H and O–H groups in total. The second-order valence-corrected chi connectivity index (χ2v) is 11.6. The zero-order chi connectivity index (χ0) is 27.8. The van der Waals surface area contributed by atoms with Gasteiger partial charge in [0.25, 0.3) is 11.5 Å². The molecule has 1 aromatic carbocycles. The number of nitrogens with one attached hydrogen (secondary N) is 1. The molecule has 3 aliphatic rings. The molecule has 39 heavy (non-hydrogen) atoms. The molecule has 3 unspecified atom stereocenters. The highest BCUT2D eigenvalue weighted by Gasteiger charge is 2.42. The third-order valence-electron chi connectivity index (χ3n) is 8.91. The van der Waals surface area contributed by atoms with Gasteiger partial charge in [0.1, 0.15) is 11.6 Å². The summed E-state index contributed by atoms with van der Waals surface area (Å²) in [6, 6.07) is 7.54. The van der Waals surface area contributed by atoms with Crippen LogP contribution in [0.3, 0.4) is 0 Å². The molecule has 208 valence electrons. The Morgan fingerprint density at radius 1 is 1.08 bits per heavy atom. The van der Waals surface area contributed by atoms with Crippen LogP contribution in [0.2, 0.25) is 0 Å². The number of ketones is 1. The summed E-state index contributed by atoms with van der Waals surface area (Å²) in [5.74, 6) is 0.0694. The van der Waals surface area contributed by atoms with Crippen molar-refractivity contribution in [3.63, 3.8) is 0 Å². The van der Waals surface area contributed by atoms with Gasteiger partial charge >= 0.3 is 0 Å². The average molecular weight is 537 g/mol. The molecule has 0 spiro atoms. The molecule has 9 heteroatoms. The maximum atomic E-state index is 14.0. The molecule has 3 heterocycles. The van der Waals surface area contributed by atoms with Gasteiger partial charge in [-0.05, 0) is 61.8 Å². The van der Waals surface area contributed by atoms with Crippen LogP contribution in [0.1, 0.15) is 58.9 Å². The zero-order valence-corrected chi connectivity index (χ0v) is 22.9. The van der Waals surface area contributed by atoms with Crippen molar-refractivity contribution in [2.24, 2.45) is 24.8 Å². The summed E-state index contributed by atoms with van der Waals surface area (Å²) in [5, 5.41) is 3.09. The normalized spacial score (nSPS) is 23.7. The van der Waals surface area contributed by atoms with Gasteiger partial charge in [0, 0.05) is 70.3 Å². The number of fused-ring (bicyclic) bond motifs is 1. The third kappa shape index (κ3) is 5.69. The molecule has 3 fully saturated rings. The minimum absolute atomic E-state index is 0.0131. The number of aryl methyl sites for hydroxylation is 1. The van der Waals surface area contributed by atoms with E-state index in [9.17, 15) is 23.6 Å². The van der Waals surface area contributed by atoms with Crippen LogP contribution in [-0.4, -0.2) is 64.7 Å². The highest BCUT2D eigenvalue weighted by atomic mass is 19.1. The number of carbonyl (C=O) groups excluding carboxylic acids is 3. The van der Waals surface area contributed by atoms with E-state index in [-0.39, 0.29) is 47.4 Å². The highest BCUT2D eigenvalue weighted by molar-refractivity contribution is 5.97. The summed E-state index contributed by atoms with van der Waals surface area (Å²) in [4.78, 5) is 54.4. The fourth-order valence-electron chi connectivity index (χ4n) is 6.58. The van der Waals surface area contributed by atoms with Crippen molar-refractivity contribution in [3.05, 3.63) is 68.9 Å². The Hall–Kier alpha value is -3.33. The number of nitrogens with zero attached hydrogens (tertiary/aromatic N) is 3. The Labute approximate surface area is 228 Å². The minimum Gasteiger partial charge on any atom is -0.349 e. The van der Waals surface area contributed by atoms with Crippen molar-refractivity contribution in [1.82, 2.24) is 19.7 Å². The van der Waals surface area contributed by atoms with Gasteiger partial charge in [-0.2, -0.15) is 0 Å². The van der Waals surface area contributed by atoms with Crippen LogP contribution < -0.4 is 10.9 Å². The maximum absolute atomic E-state index is 14.0. The number of rotatable bonds is 7. The van der Waals surface area contributed by atoms with E-state index in [0.29, 0.717) is 61.0 Å². The molecule has 5 rings (SSSR count). The lowest BCUT2D eigenvalue weighted by Gasteiger charge is -2.26. The summed E-state index contributed by atoms with van der Waals surface area (Å²) in [5.41, 5.74) is 2.64. The van der Waals surface area contributed by atoms with E-state index in [1.54, 1.807) is 13.1 Å². The standard InChI is InChI=1S/C30H37FN4O4/c1-18-11-27(37)33(3)19(2)28(18)30(39)35-16-22-14-34(15-23(22)17-35)10-9-26(20-5-4-6-24(31)12-20)32-29(38)21-7-8-25(36)13-21/h4-6,11-12,21-23,26H,7-10,13-17H2,1-3H3,(H,32,38)/t21?,22-,23?,26?/m0/s1. The van der Waals surface area contributed by atoms with E-state index >= 15 is 0 Å². The Bertz CT molecular complexity index is 1340. The Balaban J connectivity index is 1.20. The summed E-state index contributed by atoms with van der Waals surface area (Å²) in [7, 11) is 1.69. The molecule has 2 aromatic rings. The van der Waals surface area contributed by atoms with Crippen molar-refractivity contribution in [1.29, 1.82) is 0 Å². The van der Waals surface area contributed by atoms with Crippen LogP contribution in [0.5, 0.6) is 0 Å². The monoisotopic (exact) mass is 536 g/mol. The number of halogens is 1. The first-order chi connectivity index (χ1) is 18.6. The Morgan fingerprint density at radius 2 is 1.79 bits per heavy atom. The smallest absolute Gasteiger partial charge is 0.255 e. The fraction of sp³-hybridized carbons (Fsp3) is 0.533. The van der Waals surface area contributed by atoms with Crippen LogP contribution in [0.4, 0.5) is 4.39 Å². The number of carbonyl (C=O) groups is 3. The number of likely N-dealkylation sites (tertiary alicyclic amines) is 2. The van der Waals surface area contributed by atoms with Gasteiger partial charge in [-0.3, -0.25) is 19.2 Å². The van der Waals surface area contributed by atoms with E-state index in [1.165, 1.54) is 22.8 Å². The molecular weight excluding hydrogens is 499 g/mol. The van der Waals surface area contributed by atoms with Gasteiger partial charge < -0.3 is 19.7 Å². The molecule has 0 radical (unpaired) electrons. The van der Waals surface area contributed by atoms with E-state index < -0.39 is 0 Å². The number of amides is 2. The molecule has 0 bridgehead atoms. The Morgan fingerprint density at radius 3 is 2.44 bits per heavy atom. The number of hydrogen-bond donors (Lipinski definition) is 1. The third-order valence-corrected chi connectivity index (χ3v) is 8.91. The van der Waals surface area contributed by atoms with Gasteiger partial charge in [-0.25, -0.2) is 4.39 Å². The molecule has 2 saturated heterocycles. The highest BCUT2D eigenvalue weighted by Crippen LogP contribution is 2.33. The summed E-state index contributed by atoms with van der Waals surface area (Å²) in [6.07, 6.45) is 1.93. The van der Waals surface area contributed by atoms with E-state index in [2.05, 4.69) is 10.2 Å². The first-order valence-electron chi connectivity index (χ1n) is 13.9. The van der Waals surface area contributed by atoms with Crippen LogP contribution in [0.15, 0.2) is 35.1 Å². The number of benzene rings is 1. The number of pyridine rings is 1. The van der Waals surface area contributed by atoms with Gasteiger partial charge in [-0.1, -0.05) is 12.1 Å². The zero-order valence-electron chi connectivity index (χ0n) is 22.9. The molecule has 2 aliphatic heterocycles. The van der Waals surface area contributed by atoms with E-state index in [4.69, 9.17) is 0 Å². The fourth-order valence-corrected chi connectivity index (χ4v) is 6.58. The SMILES string of the molecule is Cc1cc(=O)n(C)c(C)c1C(=O)N1CC2CN(CCC(NC(=O)C3CCC(=O)C3)c3cccc(F)c3)C[C@H]2C1. The number of Topliss-reactive ketones (excluding diaryl/α,β-unsaturated/α-hetero) is 1. The van der Waals surface area contributed by atoms with Crippen molar-refractivity contribution >= 4 is 17.6 Å². The minimum atomic E-state index is -0.341. The van der Waals surface area contributed by atoms with E-state index in [0.717, 1.165) is 25.2 Å². The van der Waals surface area contributed by atoms with Crippen molar-refractivity contribution in [3.8, 4) is 0 Å². The number of aromatic nitrogens is 1. The van der Waals surface area contributed by atoms with Crippen LogP contribution in [0, 0.1) is 37.4 Å². The molecule has 8 nitrogen and oxygen atoms in total. The Kier molecular flexibility index (Phi) is 7.71. The first kappa shape index (κ1) is 27.2. The van der Waals surface area contributed by atoms with E-state index in [1.807, 2.05) is 24.8 Å². The van der Waals surface area contributed by atoms with Crippen molar-refractivity contribution < 1.29 is 18.8 Å². The van der Waals surface area contributed by atoms with Crippen LogP contribution in [-0.2, 0) is 16.6 Å². The summed E-state index contributed by atoms with van der Waals surface area (Å²) < 4.78 is 15.5. The molecule has 1 aliphatic carbocycles. The molecule has 4 atom stereocenters. The predicted molar refractivity (Wildman–Crippen MR) is 145 cm³/mol. The quantitative estimate of drug-likeness (QED) is 0.588. The lowest BCUT2D eigenvalue weighted by molar-refractivity contribution is -0.127. The second kappa shape index (κ2) is 11.0.